The zero-order valence-corrected chi connectivity index (χ0v) is 10.4. The SMILES string of the molecule is CCCOC(COC(C(=O)Cl)C(F)(F)F)C(F)(F)F. The molecule has 0 saturated carbocycles. The molecule has 0 bridgehead atoms. The molecule has 0 heterocycles. The van der Waals surface area contributed by atoms with Crippen LogP contribution in [0, 0.1) is 0 Å². The molecule has 0 radical (unpaired) electrons. The Morgan fingerprint density at radius 1 is 1.11 bits per heavy atom. The maximum absolute atomic E-state index is 12.4. The number of halogens is 7. The van der Waals surface area contributed by atoms with Crippen molar-refractivity contribution in [2.24, 2.45) is 0 Å². The molecule has 0 amide bonds. The van der Waals surface area contributed by atoms with E-state index in [1.807, 2.05) is 0 Å². The molecule has 114 valence electrons. The molecule has 0 spiro atoms. The molecule has 2 unspecified atom stereocenters. The monoisotopic (exact) mass is 316 g/mol. The van der Waals surface area contributed by atoms with Crippen LogP contribution in [0.4, 0.5) is 26.3 Å². The smallest absolute Gasteiger partial charge is 0.366 e. The van der Waals surface area contributed by atoms with Crippen molar-refractivity contribution in [1.29, 1.82) is 0 Å². The lowest BCUT2D eigenvalue weighted by Gasteiger charge is -2.23. The van der Waals surface area contributed by atoms with Crippen LogP contribution in [0.5, 0.6) is 0 Å². The molecule has 0 aliphatic rings. The van der Waals surface area contributed by atoms with Crippen molar-refractivity contribution in [1.82, 2.24) is 0 Å². The first kappa shape index (κ1) is 18.5. The quantitative estimate of drug-likeness (QED) is 0.535. The number of carbonyl (C=O) groups excluding carboxylic acids is 1. The van der Waals surface area contributed by atoms with Crippen molar-refractivity contribution in [3.63, 3.8) is 0 Å². The summed E-state index contributed by atoms with van der Waals surface area (Å²) in [4.78, 5) is 10.5. The van der Waals surface area contributed by atoms with Crippen LogP contribution < -0.4 is 0 Å². The first-order chi connectivity index (χ1) is 8.50. The normalized spacial score (nSPS) is 16.2. The minimum Gasteiger partial charge on any atom is -0.366 e. The van der Waals surface area contributed by atoms with E-state index < -0.39 is 36.4 Å². The van der Waals surface area contributed by atoms with Gasteiger partial charge in [-0.25, -0.2) is 0 Å². The first-order valence-electron chi connectivity index (χ1n) is 5.06. The van der Waals surface area contributed by atoms with Crippen molar-refractivity contribution in [3.05, 3.63) is 0 Å². The Morgan fingerprint density at radius 3 is 1.95 bits per heavy atom. The third-order valence-corrected chi connectivity index (χ3v) is 2.00. The first-order valence-corrected chi connectivity index (χ1v) is 5.44. The molecule has 0 aromatic heterocycles. The Bertz CT molecular complexity index is 291. The Labute approximate surface area is 109 Å². The molecule has 0 aromatic carbocycles. The van der Waals surface area contributed by atoms with Gasteiger partial charge in [0.25, 0.3) is 5.24 Å². The van der Waals surface area contributed by atoms with Crippen molar-refractivity contribution >= 4 is 16.8 Å². The third kappa shape index (κ3) is 6.98. The second-order valence-corrected chi connectivity index (χ2v) is 3.83. The molecule has 0 aliphatic heterocycles. The van der Waals surface area contributed by atoms with Gasteiger partial charge in [-0.1, -0.05) is 6.92 Å². The Balaban J connectivity index is 4.64. The molecule has 2 atom stereocenters. The number of ether oxygens (including phenoxy) is 2. The van der Waals surface area contributed by atoms with Gasteiger partial charge in [0.2, 0.25) is 6.10 Å². The van der Waals surface area contributed by atoms with E-state index >= 15 is 0 Å². The minimum atomic E-state index is -5.18. The number of carbonyl (C=O) groups is 1. The van der Waals surface area contributed by atoms with Crippen molar-refractivity contribution in [2.75, 3.05) is 13.2 Å². The molecule has 10 heteroatoms. The minimum absolute atomic E-state index is 0.240. The van der Waals surface area contributed by atoms with Gasteiger partial charge in [0.15, 0.2) is 6.10 Å². The van der Waals surface area contributed by atoms with Crippen LogP contribution in [-0.2, 0) is 14.3 Å². The lowest BCUT2D eigenvalue weighted by molar-refractivity contribution is -0.258. The van der Waals surface area contributed by atoms with Crippen molar-refractivity contribution in [2.45, 2.75) is 37.9 Å². The van der Waals surface area contributed by atoms with E-state index in [2.05, 4.69) is 21.1 Å². The molecule has 19 heavy (non-hydrogen) atoms. The van der Waals surface area contributed by atoms with E-state index in [1.165, 1.54) is 6.92 Å². The van der Waals surface area contributed by atoms with E-state index in [9.17, 15) is 31.1 Å². The summed E-state index contributed by atoms with van der Waals surface area (Å²) in [6.07, 6.45) is -15.5. The van der Waals surface area contributed by atoms with Crippen LogP contribution in [0.1, 0.15) is 13.3 Å². The molecule has 0 rings (SSSR count). The Hall–Kier alpha value is -0.540. The summed E-state index contributed by atoms with van der Waals surface area (Å²) in [7, 11) is 0. The maximum Gasteiger partial charge on any atom is 0.423 e. The predicted octanol–water partition coefficient (Wildman–Crippen LogP) is 3.06. The maximum atomic E-state index is 12.4. The summed E-state index contributed by atoms with van der Waals surface area (Å²) >= 11 is 4.62. The van der Waals surface area contributed by atoms with E-state index in [-0.39, 0.29) is 13.0 Å². The second kappa shape index (κ2) is 7.30. The molecule has 0 aliphatic carbocycles. The van der Waals surface area contributed by atoms with Gasteiger partial charge in [0.1, 0.15) is 0 Å². The lowest BCUT2D eigenvalue weighted by Crippen LogP contribution is -2.43. The van der Waals surface area contributed by atoms with Gasteiger partial charge in [-0.05, 0) is 18.0 Å². The van der Waals surface area contributed by atoms with Crippen LogP contribution in [-0.4, -0.2) is 43.0 Å². The molecular weight excluding hydrogens is 306 g/mol. The highest BCUT2D eigenvalue weighted by Gasteiger charge is 2.48. The molecule has 0 saturated heterocycles. The van der Waals surface area contributed by atoms with Crippen LogP contribution in [0.2, 0.25) is 0 Å². The van der Waals surface area contributed by atoms with Gasteiger partial charge in [-0.15, -0.1) is 0 Å². The average Bonchev–Trinajstić information content (AvgIpc) is 2.18. The van der Waals surface area contributed by atoms with Gasteiger partial charge >= 0.3 is 12.4 Å². The van der Waals surface area contributed by atoms with E-state index in [0.717, 1.165) is 0 Å². The number of rotatable bonds is 7. The highest BCUT2D eigenvalue weighted by atomic mass is 35.5. The average molecular weight is 317 g/mol. The number of hydrogen-bond donors (Lipinski definition) is 0. The second-order valence-electron chi connectivity index (χ2n) is 3.46. The summed E-state index contributed by atoms with van der Waals surface area (Å²) in [5.41, 5.74) is 0. The van der Waals surface area contributed by atoms with E-state index in [0.29, 0.717) is 0 Å². The van der Waals surface area contributed by atoms with E-state index in [4.69, 9.17) is 0 Å². The Morgan fingerprint density at radius 2 is 1.63 bits per heavy atom. The summed E-state index contributed by atoms with van der Waals surface area (Å²) in [6.45, 7) is -0.250. The number of hydrogen-bond acceptors (Lipinski definition) is 3. The summed E-state index contributed by atoms with van der Waals surface area (Å²) < 4.78 is 82.0. The van der Waals surface area contributed by atoms with Crippen LogP contribution >= 0.6 is 11.6 Å². The fourth-order valence-electron chi connectivity index (χ4n) is 0.970. The zero-order chi connectivity index (χ0) is 15.3. The Kier molecular flexibility index (Phi) is 7.09. The van der Waals surface area contributed by atoms with E-state index in [1.54, 1.807) is 0 Å². The van der Waals surface area contributed by atoms with Gasteiger partial charge in [-0.2, -0.15) is 26.3 Å². The summed E-state index contributed by atoms with van der Waals surface area (Å²) in [5, 5.41) is -1.94. The fraction of sp³-hybridized carbons (Fsp3) is 0.889. The van der Waals surface area contributed by atoms with Gasteiger partial charge in [-0.3, -0.25) is 4.79 Å². The summed E-state index contributed by atoms with van der Waals surface area (Å²) in [5.74, 6) is 0. The molecule has 3 nitrogen and oxygen atoms in total. The van der Waals surface area contributed by atoms with Gasteiger partial charge in [0, 0.05) is 6.61 Å². The standard InChI is InChI=1S/C9H11ClF6O3/c1-2-3-18-5(8(11,12)13)4-19-6(7(10)17)9(14,15)16/h5-6H,2-4H2,1H3. The number of alkyl halides is 6. The topological polar surface area (TPSA) is 35.5 Å². The van der Waals surface area contributed by atoms with Crippen LogP contribution in [0.25, 0.3) is 0 Å². The van der Waals surface area contributed by atoms with Crippen LogP contribution in [0.3, 0.4) is 0 Å². The van der Waals surface area contributed by atoms with Crippen LogP contribution in [0.15, 0.2) is 0 Å². The van der Waals surface area contributed by atoms with Gasteiger partial charge < -0.3 is 9.47 Å². The fourth-order valence-corrected chi connectivity index (χ4v) is 1.16. The largest absolute Gasteiger partial charge is 0.423 e. The molecule has 0 fully saturated rings. The highest BCUT2D eigenvalue weighted by molar-refractivity contribution is 6.64. The molecule has 0 N–H and O–H groups in total. The lowest BCUT2D eigenvalue weighted by atomic mass is 10.3. The van der Waals surface area contributed by atoms with Crippen molar-refractivity contribution in [3.8, 4) is 0 Å². The predicted molar refractivity (Wildman–Crippen MR) is 52.7 cm³/mol. The third-order valence-electron chi connectivity index (χ3n) is 1.81. The molecular formula is C9H11ClF6O3. The zero-order valence-electron chi connectivity index (χ0n) is 9.65. The van der Waals surface area contributed by atoms with Gasteiger partial charge in [0.05, 0.1) is 6.61 Å². The summed E-state index contributed by atoms with van der Waals surface area (Å²) in [6, 6.07) is 0. The van der Waals surface area contributed by atoms with Crippen molar-refractivity contribution < 1.29 is 40.6 Å². The highest BCUT2D eigenvalue weighted by Crippen LogP contribution is 2.28. The molecule has 0 aromatic rings.